The van der Waals surface area contributed by atoms with Gasteiger partial charge in [-0.05, 0) is 17.7 Å². The molecule has 1 saturated heterocycles. The predicted molar refractivity (Wildman–Crippen MR) is 102 cm³/mol. The number of rotatable bonds is 6. The molecule has 0 spiro atoms. The molecule has 1 N–H and O–H groups in total. The Balaban J connectivity index is 1.74. The number of hydrogen-bond donors (Lipinski definition) is 1. The standard InChI is InChI=1S/C20H30FN3O3/c1-20(2,3)19(26)22-8-7-18(25)24-11-9-23(10-12-24)14-15-5-6-17(27-4)16(21)13-15/h5-6,13H,7-12,14H2,1-4H3,(H,22,26). The molecule has 1 aliphatic rings. The molecule has 2 amide bonds. The Morgan fingerprint density at radius 3 is 2.41 bits per heavy atom. The zero-order valence-corrected chi connectivity index (χ0v) is 16.7. The highest BCUT2D eigenvalue weighted by molar-refractivity contribution is 5.82. The molecule has 1 aromatic rings. The first-order valence-corrected chi connectivity index (χ1v) is 9.31. The molecule has 0 bridgehead atoms. The van der Waals surface area contributed by atoms with Gasteiger partial charge in [-0.2, -0.15) is 0 Å². The first kappa shape index (κ1) is 21.2. The second-order valence-electron chi connectivity index (χ2n) is 7.88. The summed E-state index contributed by atoms with van der Waals surface area (Å²) in [5, 5.41) is 2.81. The van der Waals surface area contributed by atoms with Gasteiger partial charge in [0.25, 0.3) is 0 Å². The molecule has 6 nitrogen and oxygen atoms in total. The van der Waals surface area contributed by atoms with Crippen molar-refractivity contribution in [1.29, 1.82) is 0 Å². The van der Waals surface area contributed by atoms with Crippen molar-refractivity contribution < 1.29 is 18.7 Å². The van der Waals surface area contributed by atoms with Crippen LogP contribution in [0.5, 0.6) is 5.75 Å². The van der Waals surface area contributed by atoms with Gasteiger partial charge in [0.2, 0.25) is 11.8 Å². The summed E-state index contributed by atoms with van der Waals surface area (Å²) >= 11 is 0. The van der Waals surface area contributed by atoms with Gasteiger partial charge in [-0.3, -0.25) is 14.5 Å². The van der Waals surface area contributed by atoms with Gasteiger partial charge >= 0.3 is 0 Å². The number of hydrogen-bond acceptors (Lipinski definition) is 4. The van der Waals surface area contributed by atoms with Crippen LogP contribution in [0.2, 0.25) is 0 Å². The quantitative estimate of drug-likeness (QED) is 0.822. The maximum Gasteiger partial charge on any atom is 0.225 e. The summed E-state index contributed by atoms with van der Waals surface area (Å²) in [5.74, 6) is -0.111. The monoisotopic (exact) mass is 379 g/mol. The molecule has 150 valence electrons. The van der Waals surface area contributed by atoms with Gasteiger partial charge in [0, 0.05) is 51.1 Å². The molecule has 27 heavy (non-hydrogen) atoms. The van der Waals surface area contributed by atoms with Crippen LogP contribution in [-0.2, 0) is 16.1 Å². The first-order chi connectivity index (χ1) is 12.7. The third-order valence-corrected chi connectivity index (χ3v) is 4.65. The first-order valence-electron chi connectivity index (χ1n) is 9.31. The molecule has 1 heterocycles. The number of piperazine rings is 1. The number of carbonyl (C=O) groups excluding carboxylic acids is 2. The second-order valence-corrected chi connectivity index (χ2v) is 7.88. The van der Waals surface area contributed by atoms with Gasteiger partial charge in [0.15, 0.2) is 11.6 Å². The zero-order chi connectivity index (χ0) is 20.0. The lowest BCUT2D eigenvalue weighted by Gasteiger charge is -2.35. The molecule has 0 saturated carbocycles. The van der Waals surface area contributed by atoms with Crippen molar-refractivity contribution in [2.45, 2.75) is 33.7 Å². The van der Waals surface area contributed by atoms with Crippen molar-refractivity contribution in [3.8, 4) is 5.75 Å². The molecule has 0 aliphatic carbocycles. The van der Waals surface area contributed by atoms with E-state index in [1.54, 1.807) is 6.07 Å². The Labute approximate surface area is 160 Å². The fourth-order valence-corrected chi connectivity index (χ4v) is 2.93. The average Bonchev–Trinajstić information content (AvgIpc) is 2.61. The molecule has 0 radical (unpaired) electrons. The Morgan fingerprint density at radius 1 is 1.19 bits per heavy atom. The number of nitrogens with zero attached hydrogens (tertiary/aromatic N) is 2. The summed E-state index contributed by atoms with van der Waals surface area (Å²) in [6, 6.07) is 4.99. The summed E-state index contributed by atoms with van der Waals surface area (Å²) < 4.78 is 18.7. The van der Waals surface area contributed by atoms with Crippen LogP contribution in [0.15, 0.2) is 18.2 Å². The lowest BCUT2D eigenvalue weighted by Crippen LogP contribution is -2.49. The van der Waals surface area contributed by atoms with Crippen molar-refractivity contribution >= 4 is 11.8 Å². The van der Waals surface area contributed by atoms with Gasteiger partial charge in [0.05, 0.1) is 7.11 Å². The van der Waals surface area contributed by atoms with Crippen LogP contribution in [0.3, 0.4) is 0 Å². The smallest absolute Gasteiger partial charge is 0.225 e. The average molecular weight is 379 g/mol. The van der Waals surface area contributed by atoms with Crippen molar-refractivity contribution in [3.05, 3.63) is 29.6 Å². The van der Waals surface area contributed by atoms with Crippen LogP contribution in [0.1, 0.15) is 32.8 Å². The van der Waals surface area contributed by atoms with E-state index in [-0.39, 0.29) is 23.4 Å². The zero-order valence-electron chi connectivity index (χ0n) is 16.7. The van der Waals surface area contributed by atoms with Crippen LogP contribution in [0.25, 0.3) is 0 Å². The highest BCUT2D eigenvalue weighted by atomic mass is 19.1. The normalized spacial score (nSPS) is 15.5. The number of nitrogens with one attached hydrogen (secondary N) is 1. The number of halogens is 1. The van der Waals surface area contributed by atoms with E-state index in [0.29, 0.717) is 32.6 Å². The topological polar surface area (TPSA) is 61.9 Å². The Kier molecular flexibility index (Phi) is 7.18. The minimum atomic E-state index is -0.449. The van der Waals surface area contributed by atoms with Crippen molar-refractivity contribution in [2.24, 2.45) is 5.41 Å². The van der Waals surface area contributed by atoms with Crippen molar-refractivity contribution in [3.63, 3.8) is 0 Å². The summed E-state index contributed by atoms with van der Waals surface area (Å²) in [4.78, 5) is 28.2. The number of amides is 2. The molecule has 1 aliphatic heterocycles. The summed E-state index contributed by atoms with van der Waals surface area (Å²) in [7, 11) is 1.45. The maximum absolute atomic E-state index is 13.8. The molecular weight excluding hydrogens is 349 g/mol. The SMILES string of the molecule is COc1ccc(CN2CCN(C(=O)CCNC(=O)C(C)(C)C)CC2)cc1F. The Hall–Kier alpha value is -2.15. The van der Waals surface area contributed by atoms with E-state index in [1.165, 1.54) is 13.2 Å². The summed E-state index contributed by atoms with van der Waals surface area (Å²) in [5.41, 5.74) is 0.438. The molecule has 2 rings (SSSR count). The fourth-order valence-electron chi connectivity index (χ4n) is 2.93. The van der Waals surface area contributed by atoms with E-state index >= 15 is 0 Å². The third kappa shape index (κ3) is 6.20. The summed E-state index contributed by atoms with van der Waals surface area (Å²) in [6.07, 6.45) is 0.311. The number of ether oxygens (including phenoxy) is 1. The second kappa shape index (κ2) is 9.17. The Bertz CT molecular complexity index is 665. The van der Waals surface area contributed by atoms with Crippen molar-refractivity contribution in [2.75, 3.05) is 39.8 Å². The predicted octanol–water partition coefficient (Wildman–Crippen LogP) is 2.03. The molecule has 1 fully saturated rings. The fraction of sp³-hybridized carbons (Fsp3) is 0.600. The van der Waals surface area contributed by atoms with Crippen LogP contribution in [-0.4, -0.2) is 61.4 Å². The van der Waals surface area contributed by atoms with Crippen LogP contribution >= 0.6 is 0 Å². The molecular formula is C20H30FN3O3. The minimum Gasteiger partial charge on any atom is -0.494 e. The minimum absolute atomic E-state index is 0.0492. The van der Waals surface area contributed by atoms with Gasteiger partial charge in [-0.25, -0.2) is 4.39 Å². The number of benzene rings is 1. The van der Waals surface area contributed by atoms with Gasteiger partial charge in [-0.15, -0.1) is 0 Å². The van der Waals surface area contributed by atoms with E-state index < -0.39 is 5.41 Å². The van der Waals surface area contributed by atoms with Gasteiger partial charge in [-0.1, -0.05) is 26.8 Å². The Morgan fingerprint density at radius 2 is 1.85 bits per heavy atom. The molecule has 7 heteroatoms. The highest BCUT2D eigenvalue weighted by Gasteiger charge is 2.23. The van der Waals surface area contributed by atoms with E-state index in [4.69, 9.17) is 4.74 Å². The van der Waals surface area contributed by atoms with Crippen LogP contribution < -0.4 is 10.1 Å². The van der Waals surface area contributed by atoms with E-state index in [1.807, 2.05) is 31.7 Å². The summed E-state index contributed by atoms with van der Waals surface area (Å²) in [6.45, 7) is 9.32. The van der Waals surface area contributed by atoms with Crippen LogP contribution in [0.4, 0.5) is 4.39 Å². The van der Waals surface area contributed by atoms with Crippen LogP contribution in [0, 0.1) is 11.2 Å². The molecule has 0 unspecified atom stereocenters. The van der Waals surface area contributed by atoms with Crippen molar-refractivity contribution in [1.82, 2.24) is 15.1 Å². The lowest BCUT2D eigenvalue weighted by atomic mass is 9.96. The van der Waals surface area contributed by atoms with E-state index in [0.717, 1.165) is 18.7 Å². The largest absolute Gasteiger partial charge is 0.494 e. The maximum atomic E-state index is 13.8. The molecule has 1 aromatic carbocycles. The van der Waals surface area contributed by atoms with Gasteiger partial charge in [0.1, 0.15) is 0 Å². The van der Waals surface area contributed by atoms with Gasteiger partial charge < -0.3 is 15.0 Å². The number of methoxy groups -OCH3 is 1. The van der Waals surface area contributed by atoms with E-state index in [9.17, 15) is 14.0 Å². The molecule has 0 atom stereocenters. The third-order valence-electron chi connectivity index (χ3n) is 4.65. The lowest BCUT2D eigenvalue weighted by molar-refractivity contribution is -0.133. The molecule has 0 aromatic heterocycles. The van der Waals surface area contributed by atoms with E-state index in [2.05, 4.69) is 10.2 Å². The highest BCUT2D eigenvalue weighted by Crippen LogP contribution is 2.19. The number of carbonyl (C=O) groups is 2.